The van der Waals surface area contributed by atoms with Crippen LogP contribution in [0.4, 0.5) is 15.8 Å². The first-order valence-corrected chi connectivity index (χ1v) is 9.63. The molecule has 3 aromatic rings. The van der Waals surface area contributed by atoms with E-state index in [1.54, 1.807) is 24.3 Å². The molecule has 9 heteroatoms. The lowest BCUT2D eigenvalue weighted by Crippen LogP contribution is -2.29. The minimum Gasteiger partial charge on any atom is -0.350 e. The largest absolute Gasteiger partial charge is 0.350 e. The third kappa shape index (κ3) is 5.75. The van der Waals surface area contributed by atoms with Gasteiger partial charge in [0.1, 0.15) is 11.5 Å². The van der Waals surface area contributed by atoms with Crippen molar-refractivity contribution in [3.8, 4) is 0 Å². The van der Waals surface area contributed by atoms with Crippen LogP contribution in [-0.4, -0.2) is 34.2 Å². The van der Waals surface area contributed by atoms with Gasteiger partial charge in [-0.25, -0.2) is 9.37 Å². The van der Waals surface area contributed by atoms with Gasteiger partial charge in [0.05, 0.1) is 6.33 Å². The van der Waals surface area contributed by atoms with Crippen molar-refractivity contribution >= 4 is 29.1 Å². The number of nitrogens with zero attached hydrogens (tertiary/aromatic N) is 1. The normalized spacial score (nSPS) is 10.6. The monoisotopic (exact) mass is 423 g/mol. The Morgan fingerprint density at radius 2 is 1.48 bits per heavy atom. The molecule has 0 spiro atoms. The number of aromatic amines is 1. The van der Waals surface area contributed by atoms with E-state index < -0.39 is 17.6 Å². The zero-order chi connectivity index (χ0) is 22.4. The zero-order valence-electron chi connectivity index (χ0n) is 17.0. The van der Waals surface area contributed by atoms with Crippen molar-refractivity contribution in [1.29, 1.82) is 0 Å². The van der Waals surface area contributed by atoms with Gasteiger partial charge in [-0.1, -0.05) is 13.8 Å². The van der Waals surface area contributed by atoms with E-state index in [1.165, 1.54) is 30.6 Å². The molecule has 1 heterocycles. The second-order valence-electron chi connectivity index (χ2n) is 7.22. The summed E-state index contributed by atoms with van der Waals surface area (Å²) in [6.07, 6.45) is 1.29. The molecule has 0 fully saturated rings. The van der Waals surface area contributed by atoms with Crippen LogP contribution in [0, 0.1) is 11.7 Å². The fourth-order valence-corrected chi connectivity index (χ4v) is 2.66. The van der Waals surface area contributed by atoms with Gasteiger partial charge in [0.25, 0.3) is 17.7 Å². The Bertz CT molecular complexity index is 1080. The van der Waals surface area contributed by atoms with E-state index in [1.807, 2.05) is 13.8 Å². The number of amides is 3. The highest BCUT2D eigenvalue weighted by Crippen LogP contribution is 2.16. The van der Waals surface area contributed by atoms with Crippen LogP contribution in [0.2, 0.25) is 0 Å². The molecule has 4 N–H and O–H groups in total. The Kier molecular flexibility index (Phi) is 6.76. The summed E-state index contributed by atoms with van der Waals surface area (Å²) in [4.78, 5) is 43.6. The third-order valence-corrected chi connectivity index (χ3v) is 4.26. The van der Waals surface area contributed by atoms with Crippen molar-refractivity contribution in [1.82, 2.24) is 15.3 Å². The van der Waals surface area contributed by atoms with Gasteiger partial charge in [0.2, 0.25) is 0 Å². The van der Waals surface area contributed by atoms with Crippen LogP contribution in [0.3, 0.4) is 0 Å². The van der Waals surface area contributed by atoms with Gasteiger partial charge in [0.15, 0.2) is 5.69 Å². The van der Waals surface area contributed by atoms with Crippen molar-refractivity contribution in [3.63, 3.8) is 0 Å². The summed E-state index contributed by atoms with van der Waals surface area (Å²) in [7, 11) is 0. The second kappa shape index (κ2) is 9.66. The van der Waals surface area contributed by atoms with Crippen LogP contribution in [0.15, 0.2) is 54.9 Å². The molecule has 0 aliphatic carbocycles. The number of H-pyrrole nitrogens is 1. The number of nitrogens with one attached hydrogen (secondary N) is 4. The van der Waals surface area contributed by atoms with E-state index in [9.17, 15) is 18.8 Å². The standard InChI is InChI=1S/C22H22FN5O3/c1-13(2)11-24-21(30)18-19(26-12-25-18)22(31)28-17-9-7-16(8-10-17)27-20(29)14-3-5-15(23)6-4-14/h3-10,12-13H,11H2,1-2H3,(H,24,30)(H,25,26)(H,27,29)(H,28,31). The second-order valence-corrected chi connectivity index (χ2v) is 7.22. The van der Waals surface area contributed by atoms with Crippen molar-refractivity contribution in [2.24, 2.45) is 5.92 Å². The lowest BCUT2D eigenvalue weighted by Gasteiger charge is -2.09. The highest BCUT2D eigenvalue weighted by Gasteiger charge is 2.20. The SMILES string of the molecule is CC(C)CNC(=O)c1[nH]cnc1C(=O)Nc1ccc(NC(=O)c2ccc(F)cc2)cc1. The number of carbonyl (C=O) groups is 3. The van der Waals surface area contributed by atoms with E-state index in [-0.39, 0.29) is 23.2 Å². The number of anilines is 2. The molecule has 3 amide bonds. The molecule has 160 valence electrons. The van der Waals surface area contributed by atoms with Crippen LogP contribution >= 0.6 is 0 Å². The van der Waals surface area contributed by atoms with E-state index in [0.29, 0.717) is 23.5 Å². The number of hydrogen-bond donors (Lipinski definition) is 4. The summed E-state index contributed by atoms with van der Waals surface area (Å²) < 4.78 is 13.0. The maximum absolute atomic E-state index is 13.0. The lowest BCUT2D eigenvalue weighted by atomic mass is 10.2. The Hall–Kier alpha value is -4.01. The number of imidazole rings is 1. The van der Waals surface area contributed by atoms with Crippen LogP contribution < -0.4 is 16.0 Å². The van der Waals surface area contributed by atoms with Crippen LogP contribution in [0.5, 0.6) is 0 Å². The average molecular weight is 423 g/mol. The maximum atomic E-state index is 13.0. The molecule has 0 aliphatic heterocycles. The van der Waals surface area contributed by atoms with E-state index in [4.69, 9.17) is 0 Å². The van der Waals surface area contributed by atoms with Crippen LogP contribution in [-0.2, 0) is 0 Å². The zero-order valence-corrected chi connectivity index (χ0v) is 17.0. The van der Waals surface area contributed by atoms with E-state index >= 15 is 0 Å². The number of rotatable bonds is 7. The van der Waals surface area contributed by atoms with Gasteiger partial charge in [-0.05, 0) is 54.4 Å². The summed E-state index contributed by atoms with van der Waals surface area (Å²) in [5.74, 6) is -1.49. The van der Waals surface area contributed by atoms with E-state index in [2.05, 4.69) is 25.9 Å². The Labute approximate surface area is 178 Å². The molecular formula is C22H22FN5O3. The first kappa shape index (κ1) is 21.7. The molecule has 3 rings (SSSR count). The molecule has 8 nitrogen and oxygen atoms in total. The lowest BCUT2D eigenvalue weighted by molar-refractivity contribution is 0.0931. The summed E-state index contributed by atoms with van der Waals surface area (Å²) in [5, 5.41) is 8.09. The first-order valence-electron chi connectivity index (χ1n) is 9.63. The van der Waals surface area contributed by atoms with Gasteiger partial charge >= 0.3 is 0 Å². The van der Waals surface area contributed by atoms with Gasteiger partial charge in [0, 0.05) is 23.5 Å². The van der Waals surface area contributed by atoms with Crippen molar-refractivity contribution in [2.45, 2.75) is 13.8 Å². The Balaban J connectivity index is 1.62. The summed E-state index contributed by atoms with van der Waals surface area (Å²) in [6.45, 7) is 4.41. The van der Waals surface area contributed by atoms with Gasteiger partial charge in [-0.15, -0.1) is 0 Å². The minimum atomic E-state index is -0.543. The molecule has 0 bridgehead atoms. The number of halogens is 1. The highest BCUT2D eigenvalue weighted by molar-refractivity contribution is 6.10. The fraction of sp³-hybridized carbons (Fsp3) is 0.182. The third-order valence-electron chi connectivity index (χ3n) is 4.26. The van der Waals surface area contributed by atoms with E-state index in [0.717, 1.165) is 0 Å². The van der Waals surface area contributed by atoms with Crippen LogP contribution in [0.1, 0.15) is 45.2 Å². The first-order chi connectivity index (χ1) is 14.8. The van der Waals surface area contributed by atoms with Gasteiger partial charge in [-0.3, -0.25) is 14.4 Å². The summed E-state index contributed by atoms with van der Waals surface area (Å²) in [6, 6.07) is 11.6. The van der Waals surface area contributed by atoms with Gasteiger partial charge < -0.3 is 20.9 Å². The smallest absolute Gasteiger partial charge is 0.276 e. The summed E-state index contributed by atoms with van der Waals surface area (Å²) in [5.41, 5.74) is 1.35. The molecule has 0 saturated carbocycles. The molecule has 31 heavy (non-hydrogen) atoms. The number of aromatic nitrogens is 2. The summed E-state index contributed by atoms with van der Waals surface area (Å²) >= 11 is 0. The Morgan fingerprint density at radius 3 is 2.06 bits per heavy atom. The predicted octanol–water partition coefficient (Wildman–Crippen LogP) is 3.44. The van der Waals surface area contributed by atoms with Crippen molar-refractivity contribution < 1.29 is 18.8 Å². The number of benzene rings is 2. The topological polar surface area (TPSA) is 116 Å². The molecule has 0 unspecified atom stereocenters. The van der Waals surface area contributed by atoms with Crippen molar-refractivity contribution in [3.05, 3.63) is 77.6 Å². The fourth-order valence-electron chi connectivity index (χ4n) is 2.66. The number of hydrogen-bond acceptors (Lipinski definition) is 4. The molecule has 1 aromatic heterocycles. The minimum absolute atomic E-state index is 0.0186. The molecule has 0 saturated heterocycles. The maximum Gasteiger partial charge on any atom is 0.276 e. The predicted molar refractivity (Wildman–Crippen MR) is 115 cm³/mol. The van der Waals surface area contributed by atoms with Gasteiger partial charge in [-0.2, -0.15) is 0 Å². The van der Waals surface area contributed by atoms with Crippen molar-refractivity contribution in [2.75, 3.05) is 17.2 Å². The number of carbonyl (C=O) groups excluding carboxylic acids is 3. The molecule has 0 atom stereocenters. The highest BCUT2D eigenvalue weighted by atomic mass is 19.1. The Morgan fingerprint density at radius 1 is 0.903 bits per heavy atom. The quantitative estimate of drug-likeness (QED) is 0.466. The molecule has 0 radical (unpaired) electrons. The molecular weight excluding hydrogens is 401 g/mol. The molecule has 2 aromatic carbocycles. The average Bonchev–Trinajstić information content (AvgIpc) is 3.24. The van der Waals surface area contributed by atoms with Crippen LogP contribution in [0.25, 0.3) is 0 Å². The molecule has 0 aliphatic rings.